The first kappa shape index (κ1) is 17.9. The summed E-state index contributed by atoms with van der Waals surface area (Å²) in [5.41, 5.74) is 1.50. The lowest BCUT2D eigenvalue weighted by Crippen LogP contribution is -2.34. The van der Waals surface area contributed by atoms with Crippen LogP contribution < -0.4 is 9.04 Å². The van der Waals surface area contributed by atoms with Crippen LogP contribution in [0.25, 0.3) is 0 Å². The van der Waals surface area contributed by atoms with Crippen molar-refractivity contribution >= 4 is 27.4 Å². The average Bonchev–Trinajstić information content (AvgIpc) is 2.90. The number of hydrogen-bond acceptors (Lipinski definition) is 6. The zero-order chi connectivity index (χ0) is 19.1. The Balaban J connectivity index is 1.82. The fourth-order valence-electron chi connectivity index (χ4n) is 3.04. The van der Waals surface area contributed by atoms with Crippen LogP contribution in [0.15, 0.2) is 42.5 Å². The van der Waals surface area contributed by atoms with Crippen LogP contribution in [0.2, 0.25) is 0 Å². The van der Waals surface area contributed by atoms with E-state index >= 15 is 0 Å². The highest BCUT2D eigenvalue weighted by atomic mass is 32.2. The molecule has 1 aliphatic rings. The van der Waals surface area contributed by atoms with Gasteiger partial charge in [0.05, 0.1) is 22.4 Å². The minimum absolute atomic E-state index is 0.0998. The zero-order valence-electron chi connectivity index (χ0n) is 14.1. The fraction of sp³-hybridized carbons (Fsp3) is 0.235. The maximum atomic E-state index is 12.3. The molecule has 0 spiro atoms. The second-order valence-electron chi connectivity index (χ2n) is 6.10. The molecule has 0 aromatic heterocycles. The third-order valence-corrected chi connectivity index (χ3v) is 5.35. The number of carbonyl (C=O) groups excluding carboxylic acids is 1. The van der Waals surface area contributed by atoms with Gasteiger partial charge < -0.3 is 4.74 Å². The number of esters is 1. The maximum absolute atomic E-state index is 12.3. The molecule has 9 heteroatoms. The largest absolute Gasteiger partial charge is 0.423 e. The van der Waals surface area contributed by atoms with Gasteiger partial charge >= 0.3 is 5.97 Å². The number of hydrogen-bond donors (Lipinski definition) is 0. The van der Waals surface area contributed by atoms with E-state index in [-0.39, 0.29) is 23.0 Å². The highest BCUT2D eigenvalue weighted by Crippen LogP contribution is 2.34. The van der Waals surface area contributed by atoms with Crippen LogP contribution in [0.5, 0.6) is 5.75 Å². The van der Waals surface area contributed by atoms with Gasteiger partial charge in [0.2, 0.25) is 10.0 Å². The highest BCUT2D eigenvalue weighted by Gasteiger charge is 2.32. The molecule has 0 bridgehead atoms. The van der Waals surface area contributed by atoms with Gasteiger partial charge in [-0.05, 0) is 49.2 Å². The Morgan fingerprint density at radius 2 is 1.88 bits per heavy atom. The minimum atomic E-state index is -3.40. The van der Waals surface area contributed by atoms with E-state index < -0.39 is 20.9 Å². The summed E-state index contributed by atoms with van der Waals surface area (Å²) >= 11 is 0. The lowest BCUT2D eigenvalue weighted by atomic mass is 10.1. The molecule has 1 heterocycles. The number of anilines is 1. The van der Waals surface area contributed by atoms with Crippen LogP contribution in [0.1, 0.15) is 22.8 Å². The first-order chi connectivity index (χ1) is 12.2. The molecule has 2 aromatic rings. The molecule has 0 radical (unpaired) electrons. The summed E-state index contributed by atoms with van der Waals surface area (Å²) in [5, 5.41) is 10.6. The topological polar surface area (TPSA) is 107 Å². The second-order valence-corrected chi connectivity index (χ2v) is 7.96. The number of fused-ring (bicyclic) bond motifs is 1. The van der Waals surface area contributed by atoms with Crippen LogP contribution in [0.3, 0.4) is 0 Å². The molecule has 1 aliphatic heterocycles. The number of ether oxygens (including phenoxy) is 1. The lowest BCUT2D eigenvalue weighted by Gasteiger charge is -2.21. The van der Waals surface area contributed by atoms with E-state index in [4.69, 9.17) is 4.74 Å². The number of rotatable bonds is 4. The summed E-state index contributed by atoms with van der Waals surface area (Å²) in [7, 11) is -3.40. The van der Waals surface area contributed by atoms with Crippen LogP contribution in [-0.4, -0.2) is 31.6 Å². The lowest BCUT2D eigenvalue weighted by molar-refractivity contribution is -0.384. The Hall–Kier alpha value is -2.94. The number of benzene rings is 2. The van der Waals surface area contributed by atoms with Gasteiger partial charge in [0.15, 0.2) is 0 Å². The van der Waals surface area contributed by atoms with Gasteiger partial charge in [0, 0.05) is 18.2 Å². The van der Waals surface area contributed by atoms with Gasteiger partial charge in [-0.3, -0.25) is 14.4 Å². The van der Waals surface area contributed by atoms with Crippen LogP contribution in [0.4, 0.5) is 11.4 Å². The molecule has 26 heavy (non-hydrogen) atoms. The molecular weight excluding hydrogens is 360 g/mol. The Bertz CT molecular complexity index is 985. The molecule has 8 nitrogen and oxygen atoms in total. The number of sulfonamides is 1. The summed E-state index contributed by atoms with van der Waals surface area (Å²) < 4.78 is 30.4. The monoisotopic (exact) mass is 376 g/mol. The minimum Gasteiger partial charge on any atom is -0.423 e. The third kappa shape index (κ3) is 3.38. The molecule has 136 valence electrons. The van der Waals surface area contributed by atoms with E-state index in [2.05, 4.69) is 0 Å². The summed E-state index contributed by atoms with van der Waals surface area (Å²) in [5.74, 6) is -0.431. The molecule has 0 saturated carbocycles. The van der Waals surface area contributed by atoms with Gasteiger partial charge in [0.25, 0.3) is 5.69 Å². The van der Waals surface area contributed by atoms with Gasteiger partial charge in [-0.15, -0.1) is 0 Å². The molecule has 0 amide bonds. The smallest absolute Gasteiger partial charge is 0.343 e. The molecular formula is C17H16N2O6S. The van der Waals surface area contributed by atoms with Crippen LogP contribution >= 0.6 is 0 Å². The molecule has 0 saturated heterocycles. The van der Waals surface area contributed by atoms with E-state index in [0.29, 0.717) is 12.1 Å². The summed E-state index contributed by atoms with van der Waals surface area (Å²) in [6, 6.07) is 9.67. The van der Waals surface area contributed by atoms with Crippen LogP contribution in [0, 0.1) is 10.1 Å². The number of nitro benzene ring substituents is 1. The fourth-order valence-corrected chi connectivity index (χ4v) is 4.30. The molecule has 0 unspecified atom stereocenters. The first-order valence-corrected chi connectivity index (χ1v) is 9.60. The van der Waals surface area contributed by atoms with Crippen molar-refractivity contribution in [2.75, 3.05) is 10.6 Å². The van der Waals surface area contributed by atoms with Crippen molar-refractivity contribution in [1.29, 1.82) is 0 Å². The normalized spacial score (nSPS) is 16.2. The summed E-state index contributed by atoms with van der Waals surface area (Å²) in [6.07, 6.45) is 1.65. The van der Waals surface area contributed by atoms with Crippen molar-refractivity contribution < 1.29 is 22.9 Å². The average molecular weight is 376 g/mol. The van der Waals surface area contributed by atoms with Gasteiger partial charge in [-0.2, -0.15) is 0 Å². The van der Waals surface area contributed by atoms with Crippen molar-refractivity contribution in [2.45, 2.75) is 19.4 Å². The summed E-state index contributed by atoms with van der Waals surface area (Å²) in [4.78, 5) is 22.4. The first-order valence-electron chi connectivity index (χ1n) is 7.76. The van der Waals surface area contributed by atoms with Crippen molar-refractivity contribution in [3.63, 3.8) is 0 Å². The predicted octanol–water partition coefficient (Wildman–Crippen LogP) is 2.52. The van der Waals surface area contributed by atoms with E-state index in [0.717, 1.165) is 11.8 Å². The van der Waals surface area contributed by atoms with E-state index in [1.807, 2.05) is 0 Å². The third-order valence-electron chi connectivity index (χ3n) is 4.08. The molecule has 1 atom stereocenters. The predicted molar refractivity (Wildman–Crippen MR) is 95.0 cm³/mol. The van der Waals surface area contributed by atoms with E-state index in [9.17, 15) is 23.3 Å². The Morgan fingerprint density at radius 1 is 1.23 bits per heavy atom. The Kier molecular flexibility index (Phi) is 4.41. The number of carbonyl (C=O) groups is 1. The molecule has 0 aliphatic carbocycles. The van der Waals surface area contributed by atoms with Crippen molar-refractivity contribution in [3.05, 3.63) is 63.7 Å². The number of non-ortho nitro benzene ring substituents is 1. The molecule has 2 aromatic carbocycles. The maximum Gasteiger partial charge on any atom is 0.343 e. The Labute approximate surface area is 150 Å². The zero-order valence-corrected chi connectivity index (χ0v) is 14.9. The quantitative estimate of drug-likeness (QED) is 0.351. The molecule has 3 rings (SSSR count). The Morgan fingerprint density at radius 3 is 2.46 bits per heavy atom. The molecule has 0 fully saturated rings. The number of nitrogens with zero attached hydrogens (tertiary/aromatic N) is 2. The van der Waals surface area contributed by atoms with Gasteiger partial charge in [-0.25, -0.2) is 13.2 Å². The second kappa shape index (κ2) is 6.41. The summed E-state index contributed by atoms with van der Waals surface area (Å²) in [6.45, 7) is 1.80. The van der Waals surface area contributed by atoms with Gasteiger partial charge in [0.1, 0.15) is 5.75 Å². The van der Waals surface area contributed by atoms with E-state index in [1.54, 1.807) is 19.1 Å². The highest BCUT2D eigenvalue weighted by molar-refractivity contribution is 7.92. The van der Waals surface area contributed by atoms with Crippen molar-refractivity contribution in [3.8, 4) is 5.75 Å². The van der Waals surface area contributed by atoms with E-state index in [1.165, 1.54) is 34.6 Å². The van der Waals surface area contributed by atoms with Gasteiger partial charge in [-0.1, -0.05) is 0 Å². The number of nitro groups is 1. The van der Waals surface area contributed by atoms with Crippen LogP contribution in [-0.2, 0) is 16.4 Å². The standard InChI is InChI=1S/C17H16N2O6S/c1-11-9-13-10-12(3-8-16(13)18(11)26(2,23)24)17(20)25-15-6-4-14(5-7-15)19(21)22/h3-8,10-11H,9H2,1-2H3/t11-/m0/s1. The molecule has 0 N–H and O–H groups in total. The SMILES string of the molecule is C[C@H]1Cc2cc(C(=O)Oc3ccc([N+](=O)[O-])cc3)ccc2N1S(C)(=O)=O. The van der Waals surface area contributed by atoms with Crippen molar-refractivity contribution in [1.82, 2.24) is 0 Å². The van der Waals surface area contributed by atoms with Crippen molar-refractivity contribution in [2.24, 2.45) is 0 Å².